The predicted octanol–water partition coefficient (Wildman–Crippen LogP) is 0.0656. The molecule has 2 fully saturated rings. The van der Waals surface area contributed by atoms with Crippen LogP contribution in [0.25, 0.3) is 0 Å². The van der Waals surface area contributed by atoms with Gasteiger partial charge in [-0.1, -0.05) is 12.8 Å². The fourth-order valence-electron chi connectivity index (χ4n) is 2.30. The maximum absolute atomic E-state index is 11.4. The van der Waals surface area contributed by atoms with Crippen molar-refractivity contribution < 1.29 is 4.79 Å². The van der Waals surface area contributed by atoms with Gasteiger partial charge < -0.3 is 16.0 Å². The van der Waals surface area contributed by atoms with E-state index in [0.29, 0.717) is 18.5 Å². The number of guanidine groups is 1. The van der Waals surface area contributed by atoms with Crippen LogP contribution in [-0.2, 0) is 4.79 Å². The van der Waals surface area contributed by atoms with Gasteiger partial charge in [-0.25, -0.2) is 4.99 Å². The lowest BCUT2D eigenvalue weighted by Crippen LogP contribution is -2.42. The van der Waals surface area contributed by atoms with Crippen LogP contribution in [0.5, 0.6) is 0 Å². The van der Waals surface area contributed by atoms with Gasteiger partial charge in [-0.15, -0.1) is 0 Å². The summed E-state index contributed by atoms with van der Waals surface area (Å²) in [5.74, 6) is 0.589. The van der Waals surface area contributed by atoms with E-state index in [1.165, 1.54) is 12.8 Å². The van der Waals surface area contributed by atoms with Gasteiger partial charge in [0.25, 0.3) is 0 Å². The van der Waals surface area contributed by atoms with E-state index in [2.05, 4.69) is 10.3 Å². The second kappa shape index (κ2) is 5.18. The van der Waals surface area contributed by atoms with Crippen LogP contribution in [0.3, 0.4) is 0 Å². The molecule has 0 atom stereocenters. The van der Waals surface area contributed by atoms with Crippen molar-refractivity contribution in [3.63, 3.8) is 0 Å². The number of hydrogen-bond acceptors (Lipinski definition) is 2. The normalized spacial score (nSPS) is 24.4. The zero-order chi connectivity index (χ0) is 11.4. The number of carbonyl (C=O) groups is 1. The van der Waals surface area contributed by atoms with E-state index in [1.54, 1.807) is 0 Å². The molecule has 0 spiro atoms. The topological polar surface area (TPSA) is 70.7 Å². The molecule has 5 heteroatoms. The zero-order valence-electron chi connectivity index (χ0n) is 9.61. The molecule has 0 aromatic carbocycles. The molecular weight excluding hydrogens is 204 g/mol. The number of amides is 1. The van der Waals surface area contributed by atoms with Crippen LogP contribution in [-0.4, -0.2) is 42.4 Å². The standard InChI is InChI=1S/C11H20N4O/c12-11(14-9-4-1-2-5-9)15-7-3-6-13-10(16)8-15/h9H,1-8H2,(H2,12,14)(H,13,16). The maximum Gasteiger partial charge on any atom is 0.239 e. The Hall–Kier alpha value is -1.26. The van der Waals surface area contributed by atoms with Gasteiger partial charge in [-0.2, -0.15) is 0 Å². The highest BCUT2D eigenvalue weighted by atomic mass is 16.2. The molecule has 0 bridgehead atoms. The summed E-state index contributed by atoms with van der Waals surface area (Å²) in [5, 5.41) is 2.83. The highest BCUT2D eigenvalue weighted by Crippen LogP contribution is 2.20. The molecule has 90 valence electrons. The molecule has 3 N–H and O–H groups in total. The minimum atomic E-state index is 0.0436. The molecule has 1 aliphatic carbocycles. The fraction of sp³-hybridized carbons (Fsp3) is 0.818. The third-order valence-corrected chi connectivity index (χ3v) is 3.22. The predicted molar refractivity (Wildman–Crippen MR) is 63.1 cm³/mol. The Balaban J connectivity index is 1.95. The number of hydrogen-bond donors (Lipinski definition) is 2. The summed E-state index contributed by atoms with van der Waals surface area (Å²) in [7, 11) is 0. The lowest BCUT2D eigenvalue weighted by Gasteiger charge is -2.20. The Morgan fingerprint density at radius 1 is 1.38 bits per heavy atom. The van der Waals surface area contributed by atoms with Gasteiger partial charge in [0, 0.05) is 13.1 Å². The van der Waals surface area contributed by atoms with Crippen molar-refractivity contribution in [3.05, 3.63) is 0 Å². The van der Waals surface area contributed by atoms with Gasteiger partial charge >= 0.3 is 0 Å². The SMILES string of the molecule is NC(=NC1CCCC1)N1CCCNC(=O)C1. The monoisotopic (exact) mass is 224 g/mol. The van der Waals surface area contributed by atoms with Gasteiger partial charge in [0.2, 0.25) is 5.91 Å². The summed E-state index contributed by atoms with van der Waals surface area (Å²) in [6.07, 6.45) is 5.72. The first-order chi connectivity index (χ1) is 7.75. The van der Waals surface area contributed by atoms with Crippen molar-refractivity contribution in [2.75, 3.05) is 19.6 Å². The molecule has 16 heavy (non-hydrogen) atoms. The molecule has 0 unspecified atom stereocenters. The second-order valence-electron chi connectivity index (χ2n) is 4.55. The highest BCUT2D eigenvalue weighted by Gasteiger charge is 2.19. The minimum Gasteiger partial charge on any atom is -0.370 e. The lowest BCUT2D eigenvalue weighted by molar-refractivity contribution is -0.120. The Morgan fingerprint density at radius 3 is 2.88 bits per heavy atom. The smallest absolute Gasteiger partial charge is 0.239 e. The second-order valence-corrected chi connectivity index (χ2v) is 4.55. The molecule has 0 aromatic rings. The van der Waals surface area contributed by atoms with E-state index in [-0.39, 0.29) is 5.91 Å². The van der Waals surface area contributed by atoms with Crippen molar-refractivity contribution in [1.82, 2.24) is 10.2 Å². The molecule has 2 aliphatic rings. The highest BCUT2D eigenvalue weighted by molar-refractivity contribution is 5.86. The Bertz CT molecular complexity index is 284. The summed E-state index contributed by atoms with van der Waals surface area (Å²) in [6, 6.07) is 0.381. The van der Waals surface area contributed by atoms with Gasteiger partial charge in [0.05, 0.1) is 12.6 Å². The molecule has 1 amide bonds. The third-order valence-electron chi connectivity index (χ3n) is 3.22. The molecule has 1 aliphatic heterocycles. The van der Waals surface area contributed by atoms with Crippen molar-refractivity contribution in [2.24, 2.45) is 10.7 Å². The summed E-state index contributed by atoms with van der Waals surface area (Å²) in [6.45, 7) is 1.91. The number of nitrogens with one attached hydrogen (secondary N) is 1. The van der Waals surface area contributed by atoms with Gasteiger partial charge in [0.15, 0.2) is 5.96 Å². The van der Waals surface area contributed by atoms with Crippen LogP contribution in [0.4, 0.5) is 0 Å². The minimum absolute atomic E-state index is 0.0436. The van der Waals surface area contributed by atoms with Crippen LogP contribution in [0, 0.1) is 0 Å². The Kier molecular flexibility index (Phi) is 3.64. The van der Waals surface area contributed by atoms with E-state index in [1.807, 2.05) is 4.90 Å². The van der Waals surface area contributed by atoms with E-state index >= 15 is 0 Å². The third kappa shape index (κ3) is 2.87. The van der Waals surface area contributed by atoms with Gasteiger partial charge in [0.1, 0.15) is 0 Å². The van der Waals surface area contributed by atoms with Crippen LogP contribution in [0.15, 0.2) is 4.99 Å². The number of carbonyl (C=O) groups excluding carboxylic acids is 1. The quantitative estimate of drug-likeness (QED) is 0.489. The van der Waals surface area contributed by atoms with Crippen molar-refractivity contribution >= 4 is 11.9 Å². The van der Waals surface area contributed by atoms with E-state index in [0.717, 1.165) is 32.4 Å². The number of nitrogens with two attached hydrogens (primary N) is 1. The van der Waals surface area contributed by atoms with Crippen LogP contribution < -0.4 is 11.1 Å². The summed E-state index contributed by atoms with van der Waals surface area (Å²) < 4.78 is 0. The molecule has 0 aromatic heterocycles. The number of aliphatic imine (C=N–C) groups is 1. The largest absolute Gasteiger partial charge is 0.370 e. The molecule has 0 radical (unpaired) electrons. The van der Waals surface area contributed by atoms with Crippen LogP contribution >= 0.6 is 0 Å². The van der Waals surface area contributed by atoms with E-state index in [9.17, 15) is 4.79 Å². The number of rotatable bonds is 1. The van der Waals surface area contributed by atoms with Gasteiger partial charge in [-0.3, -0.25) is 4.79 Å². The van der Waals surface area contributed by atoms with E-state index < -0.39 is 0 Å². The Labute approximate surface area is 96.1 Å². The van der Waals surface area contributed by atoms with Crippen molar-refractivity contribution in [2.45, 2.75) is 38.1 Å². The summed E-state index contributed by atoms with van der Waals surface area (Å²) >= 11 is 0. The molecule has 5 nitrogen and oxygen atoms in total. The molecule has 1 saturated heterocycles. The molecule has 2 rings (SSSR count). The summed E-state index contributed by atoms with van der Waals surface area (Å²) in [4.78, 5) is 17.8. The van der Waals surface area contributed by atoms with Crippen molar-refractivity contribution in [1.29, 1.82) is 0 Å². The van der Waals surface area contributed by atoms with Gasteiger partial charge in [-0.05, 0) is 19.3 Å². The fourth-order valence-corrected chi connectivity index (χ4v) is 2.30. The van der Waals surface area contributed by atoms with Crippen LogP contribution in [0.2, 0.25) is 0 Å². The first kappa shape index (κ1) is 11.2. The average molecular weight is 224 g/mol. The lowest BCUT2D eigenvalue weighted by atomic mass is 10.3. The first-order valence-corrected chi connectivity index (χ1v) is 6.10. The van der Waals surface area contributed by atoms with E-state index in [4.69, 9.17) is 5.73 Å². The average Bonchev–Trinajstić information content (AvgIpc) is 2.65. The summed E-state index contributed by atoms with van der Waals surface area (Å²) in [5.41, 5.74) is 5.96. The first-order valence-electron chi connectivity index (χ1n) is 6.10. The van der Waals surface area contributed by atoms with Crippen molar-refractivity contribution in [3.8, 4) is 0 Å². The maximum atomic E-state index is 11.4. The molecular formula is C11H20N4O. The number of nitrogens with zero attached hydrogens (tertiary/aromatic N) is 2. The Morgan fingerprint density at radius 2 is 2.12 bits per heavy atom. The molecule has 1 saturated carbocycles. The zero-order valence-corrected chi connectivity index (χ0v) is 9.61. The molecule has 1 heterocycles. The van der Waals surface area contributed by atoms with Crippen LogP contribution in [0.1, 0.15) is 32.1 Å².